The van der Waals surface area contributed by atoms with E-state index >= 15 is 0 Å². The minimum Gasteiger partial charge on any atom is -0.311 e. The summed E-state index contributed by atoms with van der Waals surface area (Å²) in [5, 5.41) is 13.2. The molecule has 0 N–H and O–H groups in total. The van der Waals surface area contributed by atoms with Crippen LogP contribution in [0.1, 0.15) is 25.0 Å². The molecule has 0 unspecified atom stereocenters. The first-order chi connectivity index (χ1) is 37.5. The fourth-order valence-corrected chi connectivity index (χ4v) is 20.1. The van der Waals surface area contributed by atoms with Crippen LogP contribution in [0.4, 0.5) is 34.1 Å². The molecule has 3 aliphatic rings. The highest BCUT2D eigenvalue weighted by Crippen LogP contribution is 2.52. The van der Waals surface area contributed by atoms with E-state index in [2.05, 4.69) is 292 Å². The molecule has 77 heavy (non-hydrogen) atoms. The zero-order chi connectivity index (χ0) is 52.0. The van der Waals surface area contributed by atoms with Gasteiger partial charge in [0.25, 0.3) is 0 Å². The van der Waals surface area contributed by atoms with Gasteiger partial charge < -0.3 is 9.80 Å². The van der Waals surface area contributed by atoms with Gasteiger partial charge >= 0.3 is 0 Å². The van der Waals surface area contributed by atoms with Crippen molar-refractivity contribution in [2.24, 2.45) is 0 Å². The quantitative estimate of drug-likeness (QED) is 0.125. The Morgan fingerprint density at radius 3 is 1.31 bits per heavy atom. The van der Waals surface area contributed by atoms with Crippen molar-refractivity contribution >= 4 is 103 Å². The Labute approximate surface area is 454 Å². The average Bonchev–Trinajstić information content (AvgIpc) is 3.83. The zero-order valence-corrected chi connectivity index (χ0v) is 46.5. The van der Waals surface area contributed by atoms with Gasteiger partial charge in [0.1, 0.15) is 16.1 Å². The first-order valence-corrected chi connectivity index (χ1v) is 33.3. The standard InChI is InChI=1S/C73H58N2Si2/c1-73(2)61-25-10-9-23-54(61)58-44-50(38-43-62(58)73)47-34-36-49(37-35-47)71-56-41-39-52(75-65-28-13-17-32-69(65)77(5,6)70-33-18-14-29-66(70)75)46-60(56)72(55-24-19-21-48-20-7-8-22-53(48)55)57-42-40-51(45-59(57)71)74-63-26-11-15-30-67(63)76(3,4)68-31-16-12-27-64(68)74/h7-46H,1-6H3. The van der Waals surface area contributed by atoms with E-state index in [-0.39, 0.29) is 5.41 Å². The van der Waals surface area contributed by atoms with Gasteiger partial charge in [-0.3, -0.25) is 0 Å². The Morgan fingerprint density at radius 1 is 0.299 bits per heavy atom. The molecule has 4 heteroatoms. The first kappa shape index (κ1) is 45.8. The van der Waals surface area contributed by atoms with Crippen LogP contribution in [0.3, 0.4) is 0 Å². The first-order valence-electron chi connectivity index (χ1n) is 27.3. The molecule has 12 aromatic rings. The summed E-state index contributed by atoms with van der Waals surface area (Å²) in [5.74, 6) is 0. The SMILES string of the molecule is CC1(C)c2ccccc2-c2cc(-c3ccc(-c4c5cc(N6c7ccccc7[Si](C)(C)c7ccccc76)ccc5c(-c5cccc6ccccc56)c5cc(N6c7ccccc7[Si](C)(C)c7ccccc76)ccc45)cc3)ccc21. The van der Waals surface area contributed by atoms with Gasteiger partial charge in [-0.2, -0.15) is 0 Å². The summed E-state index contributed by atoms with van der Waals surface area (Å²) in [6.45, 7) is 14.7. The van der Waals surface area contributed by atoms with E-state index in [9.17, 15) is 0 Å². The maximum Gasteiger partial charge on any atom is 0.117 e. The largest absolute Gasteiger partial charge is 0.311 e. The van der Waals surface area contributed by atoms with Crippen molar-refractivity contribution in [3.05, 3.63) is 254 Å². The van der Waals surface area contributed by atoms with Crippen LogP contribution in [0, 0.1) is 0 Å². The van der Waals surface area contributed by atoms with Crippen molar-refractivity contribution in [3.8, 4) is 44.5 Å². The number of anilines is 6. The lowest BCUT2D eigenvalue weighted by molar-refractivity contribution is 0.660. The fraction of sp³-hybridized carbons (Fsp3) is 0.0959. The van der Waals surface area contributed by atoms with Crippen LogP contribution in [-0.2, 0) is 5.41 Å². The average molecular weight is 1020 g/mol. The Balaban J connectivity index is 1.01. The highest BCUT2D eigenvalue weighted by Gasteiger charge is 2.40. The molecule has 1 aliphatic carbocycles. The monoisotopic (exact) mass is 1020 g/mol. The van der Waals surface area contributed by atoms with Gasteiger partial charge in [-0.1, -0.05) is 228 Å². The molecule has 0 saturated heterocycles. The molecule has 0 fully saturated rings. The molecule has 368 valence electrons. The predicted octanol–water partition coefficient (Wildman–Crippen LogP) is 17.7. The Morgan fingerprint density at radius 2 is 0.727 bits per heavy atom. The second kappa shape index (κ2) is 16.7. The van der Waals surface area contributed by atoms with E-state index in [4.69, 9.17) is 0 Å². The molecule has 0 bridgehead atoms. The van der Waals surface area contributed by atoms with Crippen LogP contribution in [0.15, 0.2) is 243 Å². The topological polar surface area (TPSA) is 6.48 Å². The number of rotatable bonds is 5. The van der Waals surface area contributed by atoms with Crippen LogP contribution in [0.25, 0.3) is 76.8 Å². The van der Waals surface area contributed by atoms with E-state index in [0.717, 1.165) is 11.4 Å². The number of nitrogens with zero attached hydrogens (tertiary/aromatic N) is 2. The molecular weight excluding hydrogens is 961 g/mol. The number of para-hydroxylation sites is 4. The van der Waals surface area contributed by atoms with Gasteiger partial charge in [-0.15, -0.1) is 0 Å². The molecule has 0 saturated carbocycles. The molecule has 2 nitrogen and oxygen atoms in total. The number of hydrogen-bond donors (Lipinski definition) is 0. The van der Waals surface area contributed by atoms with Crippen molar-refractivity contribution in [1.29, 1.82) is 0 Å². The summed E-state index contributed by atoms with van der Waals surface area (Å²) in [6.07, 6.45) is 0. The summed E-state index contributed by atoms with van der Waals surface area (Å²) in [5.41, 5.74) is 20.3. The smallest absolute Gasteiger partial charge is 0.117 e. The van der Waals surface area contributed by atoms with Gasteiger partial charge in [0.05, 0.1) is 0 Å². The van der Waals surface area contributed by atoms with Crippen molar-refractivity contribution in [2.75, 3.05) is 9.80 Å². The third-order valence-corrected chi connectivity index (χ3v) is 25.1. The van der Waals surface area contributed by atoms with Crippen molar-refractivity contribution in [3.63, 3.8) is 0 Å². The summed E-state index contributed by atoms with van der Waals surface area (Å²) >= 11 is 0. The minimum atomic E-state index is -2.02. The maximum absolute atomic E-state index is 2.55. The predicted molar refractivity (Wildman–Crippen MR) is 336 cm³/mol. The van der Waals surface area contributed by atoms with E-state index in [1.165, 1.54) is 131 Å². The second-order valence-electron chi connectivity index (χ2n) is 23.2. The summed E-state index contributed by atoms with van der Waals surface area (Å²) < 4.78 is 0. The van der Waals surface area contributed by atoms with Crippen molar-refractivity contribution in [2.45, 2.75) is 45.5 Å². The van der Waals surface area contributed by atoms with E-state index in [1.54, 1.807) is 0 Å². The highest BCUT2D eigenvalue weighted by molar-refractivity contribution is 7.03. The van der Waals surface area contributed by atoms with Crippen molar-refractivity contribution in [1.82, 2.24) is 0 Å². The third kappa shape index (κ3) is 6.65. The molecule has 2 aliphatic heterocycles. The molecule has 0 spiro atoms. The van der Waals surface area contributed by atoms with Crippen LogP contribution < -0.4 is 30.5 Å². The number of fused-ring (bicyclic) bond motifs is 10. The summed E-state index contributed by atoms with van der Waals surface area (Å²) in [4.78, 5) is 5.09. The Hall–Kier alpha value is -8.55. The molecule has 0 amide bonds. The normalized spacial score (nSPS) is 15.1. The third-order valence-electron chi connectivity index (χ3n) is 18.0. The van der Waals surface area contributed by atoms with Crippen LogP contribution in [0.2, 0.25) is 26.2 Å². The lowest BCUT2D eigenvalue weighted by Gasteiger charge is -2.41. The lowest BCUT2D eigenvalue weighted by Crippen LogP contribution is -2.58. The molecule has 0 radical (unpaired) electrons. The fourth-order valence-electron chi connectivity index (χ4n) is 14.2. The lowest BCUT2D eigenvalue weighted by atomic mass is 9.82. The maximum atomic E-state index is 2.55. The number of benzene rings is 12. The van der Waals surface area contributed by atoms with E-state index < -0.39 is 16.1 Å². The van der Waals surface area contributed by atoms with Gasteiger partial charge in [-0.25, -0.2) is 0 Å². The Bertz CT molecular complexity index is 4340. The molecular formula is C73H58N2Si2. The van der Waals surface area contributed by atoms with Gasteiger partial charge in [-0.05, 0) is 163 Å². The minimum absolute atomic E-state index is 0.0388. The Kier molecular flexibility index (Phi) is 9.95. The molecule has 0 atom stereocenters. The van der Waals surface area contributed by atoms with E-state index in [0.29, 0.717) is 0 Å². The molecule has 0 aromatic heterocycles. The van der Waals surface area contributed by atoms with Crippen LogP contribution in [0.5, 0.6) is 0 Å². The van der Waals surface area contributed by atoms with Crippen molar-refractivity contribution < 1.29 is 0 Å². The molecule has 15 rings (SSSR count). The summed E-state index contributed by atoms with van der Waals surface area (Å²) in [7, 11) is -4.03. The number of hydrogen-bond acceptors (Lipinski definition) is 2. The molecule has 2 heterocycles. The van der Waals surface area contributed by atoms with E-state index in [1.807, 2.05) is 0 Å². The molecule has 12 aromatic carbocycles. The van der Waals surface area contributed by atoms with Gasteiger partial charge in [0, 0.05) is 39.5 Å². The summed E-state index contributed by atoms with van der Waals surface area (Å²) in [6, 6.07) is 92.7. The highest BCUT2D eigenvalue weighted by atomic mass is 28.3. The second-order valence-corrected chi connectivity index (χ2v) is 31.9. The van der Waals surface area contributed by atoms with Gasteiger partial charge in [0.2, 0.25) is 0 Å². The zero-order valence-electron chi connectivity index (χ0n) is 44.5. The van der Waals surface area contributed by atoms with Crippen LogP contribution in [-0.4, -0.2) is 16.1 Å². The van der Waals surface area contributed by atoms with Gasteiger partial charge in [0.15, 0.2) is 0 Å². The van der Waals surface area contributed by atoms with Crippen LogP contribution >= 0.6 is 0 Å².